The number of hydrogen-bond donors (Lipinski definition) is 1. The molecule has 2 aliphatic carbocycles. The second-order valence-electron chi connectivity index (χ2n) is 5.45. The highest BCUT2D eigenvalue weighted by atomic mass is 127. The zero-order valence-electron chi connectivity index (χ0n) is 9.57. The summed E-state index contributed by atoms with van der Waals surface area (Å²) in [7, 11) is 0. The maximum absolute atomic E-state index is 10.6. The Morgan fingerprint density at radius 3 is 2.76 bits per heavy atom. The van der Waals surface area contributed by atoms with Crippen LogP contribution in [0, 0.1) is 21.3 Å². The zero-order chi connectivity index (χ0) is 12.0. The predicted octanol–water partition coefficient (Wildman–Crippen LogP) is 4.52. The third-order valence-corrected chi connectivity index (χ3v) is 5.95. The molecule has 4 unspecified atom stereocenters. The number of hydrogen-bond acceptors (Lipinski definition) is 1. The molecule has 2 bridgehead atoms. The van der Waals surface area contributed by atoms with E-state index in [0.717, 1.165) is 21.9 Å². The molecule has 0 radical (unpaired) electrons. The van der Waals surface area contributed by atoms with Crippen molar-refractivity contribution < 1.29 is 5.11 Å². The number of aliphatic hydroxyl groups is 1. The molecule has 1 N–H and O–H groups in total. The van der Waals surface area contributed by atoms with Crippen molar-refractivity contribution in [2.24, 2.45) is 17.8 Å². The molecule has 0 saturated heterocycles. The van der Waals surface area contributed by atoms with E-state index >= 15 is 0 Å². The Labute approximate surface area is 124 Å². The second-order valence-corrected chi connectivity index (χ2v) is 7.53. The maximum atomic E-state index is 10.6. The van der Waals surface area contributed by atoms with Crippen molar-refractivity contribution in [3.05, 3.63) is 31.8 Å². The molecule has 0 aliphatic heterocycles. The fourth-order valence-corrected chi connectivity index (χ4v) is 4.69. The van der Waals surface area contributed by atoms with Crippen molar-refractivity contribution in [3.8, 4) is 0 Å². The Bertz CT molecular complexity index is 434. The molecule has 0 aromatic heterocycles. The molecule has 1 aromatic carbocycles. The third kappa shape index (κ3) is 2.30. The Kier molecular flexibility index (Phi) is 3.52. The summed E-state index contributed by atoms with van der Waals surface area (Å²) in [5.74, 6) is 2.16. The molecular formula is C14H16BrIO. The summed E-state index contributed by atoms with van der Waals surface area (Å²) in [6.07, 6.45) is 5.04. The molecule has 17 heavy (non-hydrogen) atoms. The van der Waals surface area contributed by atoms with Gasteiger partial charge in [-0.2, -0.15) is 0 Å². The molecule has 0 amide bonds. The van der Waals surface area contributed by atoms with Gasteiger partial charge in [0.2, 0.25) is 0 Å². The van der Waals surface area contributed by atoms with E-state index in [9.17, 15) is 5.11 Å². The molecule has 2 saturated carbocycles. The van der Waals surface area contributed by atoms with Crippen LogP contribution in [-0.4, -0.2) is 5.11 Å². The highest BCUT2D eigenvalue weighted by Gasteiger charge is 2.43. The lowest BCUT2D eigenvalue weighted by Gasteiger charge is -2.27. The SMILES string of the molecule is OC(c1cc(Br)ccc1I)C1CC2CCC1C2. The van der Waals surface area contributed by atoms with Crippen LogP contribution in [0.3, 0.4) is 0 Å². The van der Waals surface area contributed by atoms with Crippen molar-refractivity contribution in [3.63, 3.8) is 0 Å². The monoisotopic (exact) mass is 406 g/mol. The molecule has 1 aromatic rings. The Morgan fingerprint density at radius 1 is 1.29 bits per heavy atom. The lowest BCUT2D eigenvalue weighted by atomic mass is 9.82. The standard InChI is InChI=1S/C14H16BrIO/c15-10-3-4-13(16)12(7-10)14(17)11-6-8-1-2-9(11)5-8/h3-4,7-9,11,14,17H,1-2,5-6H2. The van der Waals surface area contributed by atoms with E-state index in [1.807, 2.05) is 6.07 Å². The molecule has 2 aliphatic rings. The van der Waals surface area contributed by atoms with Crippen LogP contribution in [0.5, 0.6) is 0 Å². The number of rotatable bonds is 2. The van der Waals surface area contributed by atoms with Gasteiger partial charge in [0.15, 0.2) is 0 Å². The van der Waals surface area contributed by atoms with Crippen LogP contribution in [0.1, 0.15) is 37.4 Å². The fourth-order valence-electron chi connectivity index (χ4n) is 3.65. The molecule has 0 heterocycles. The normalized spacial score (nSPS) is 33.0. The van der Waals surface area contributed by atoms with Crippen molar-refractivity contribution in [2.75, 3.05) is 0 Å². The molecule has 4 atom stereocenters. The minimum Gasteiger partial charge on any atom is -0.388 e. The van der Waals surface area contributed by atoms with Gasteiger partial charge in [-0.1, -0.05) is 22.4 Å². The minimum atomic E-state index is -0.269. The smallest absolute Gasteiger partial charge is 0.0831 e. The summed E-state index contributed by atoms with van der Waals surface area (Å²) >= 11 is 5.83. The quantitative estimate of drug-likeness (QED) is 0.715. The van der Waals surface area contributed by atoms with Crippen molar-refractivity contribution in [1.29, 1.82) is 0 Å². The Morgan fingerprint density at radius 2 is 2.12 bits per heavy atom. The summed E-state index contributed by atoms with van der Waals surface area (Å²) in [4.78, 5) is 0. The largest absolute Gasteiger partial charge is 0.388 e. The van der Waals surface area contributed by atoms with Gasteiger partial charge in [-0.05, 0) is 83.4 Å². The fraction of sp³-hybridized carbons (Fsp3) is 0.571. The Balaban J connectivity index is 1.86. The van der Waals surface area contributed by atoms with Crippen LogP contribution in [0.2, 0.25) is 0 Å². The van der Waals surface area contributed by atoms with E-state index in [1.54, 1.807) is 0 Å². The highest BCUT2D eigenvalue weighted by Crippen LogP contribution is 2.52. The molecule has 92 valence electrons. The van der Waals surface area contributed by atoms with E-state index in [2.05, 4.69) is 50.7 Å². The zero-order valence-corrected chi connectivity index (χ0v) is 13.3. The van der Waals surface area contributed by atoms with Crippen LogP contribution in [0.15, 0.2) is 22.7 Å². The van der Waals surface area contributed by atoms with Gasteiger partial charge in [0.25, 0.3) is 0 Å². The van der Waals surface area contributed by atoms with Gasteiger partial charge >= 0.3 is 0 Å². The van der Waals surface area contributed by atoms with Crippen LogP contribution in [-0.2, 0) is 0 Å². The lowest BCUT2D eigenvalue weighted by molar-refractivity contribution is 0.0738. The molecular weight excluding hydrogens is 391 g/mol. The van der Waals surface area contributed by atoms with Crippen LogP contribution in [0.25, 0.3) is 0 Å². The van der Waals surface area contributed by atoms with E-state index in [0.29, 0.717) is 5.92 Å². The number of aliphatic hydroxyl groups excluding tert-OH is 1. The van der Waals surface area contributed by atoms with E-state index in [1.165, 1.54) is 29.3 Å². The summed E-state index contributed by atoms with van der Waals surface area (Å²) in [6, 6.07) is 6.20. The van der Waals surface area contributed by atoms with E-state index < -0.39 is 0 Å². The van der Waals surface area contributed by atoms with Gasteiger partial charge in [0.05, 0.1) is 6.10 Å². The van der Waals surface area contributed by atoms with Crippen molar-refractivity contribution >= 4 is 38.5 Å². The molecule has 1 nitrogen and oxygen atoms in total. The van der Waals surface area contributed by atoms with Crippen LogP contribution < -0.4 is 0 Å². The average molecular weight is 407 g/mol. The molecule has 0 spiro atoms. The van der Waals surface area contributed by atoms with E-state index in [-0.39, 0.29) is 6.10 Å². The van der Waals surface area contributed by atoms with Gasteiger partial charge < -0.3 is 5.11 Å². The van der Waals surface area contributed by atoms with Crippen LogP contribution >= 0.6 is 38.5 Å². The number of benzene rings is 1. The third-order valence-electron chi connectivity index (χ3n) is 4.48. The van der Waals surface area contributed by atoms with Gasteiger partial charge in [0.1, 0.15) is 0 Å². The summed E-state index contributed by atoms with van der Waals surface area (Å²) < 4.78 is 2.25. The minimum absolute atomic E-state index is 0.269. The van der Waals surface area contributed by atoms with E-state index in [4.69, 9.17) is 0 Å². The average Bonchev–Trinajstić information content (AvgIpc) is 2.93. The van der Waals surface area contributed by atoms with Gasteiger partial charge in [-0.15, -0.1) is 0 Å². The van der Waals surface area contributed by atoms with Crippen molar-refractivity contribution in [2.45, 2.75) is 31.8 Å². The topological polar surface area (TPSA) is 20.2 Å². The second kappa shape index (κ2) is 4.82. The summed E-state index contributed by atoms with van der Waals surface area (Å²) in [6.45, 7) is 0. The first-order valence-corrected chi connectivity index (χ1v) is 8.15. The molecule has 2 fully saturated rings. The summed E-state index contributed by atoms with van der Waals surface area (Å²) in [5.41, 5.74) is 1.11. The van der Waals surface area contributed by atoms with Gasteiger partial charge in [-0.25, -0.2) is 0 Å². The molecule has 3 rings (SSSR count). The van der Waals surface area contributed by atoms with Crippen molar-refractivity contribution in [1.82, 2.24) is 0 Å². The lowest BCUT2D eigenvalue weighted by Crippen LogP contribution is -2.19. The Hall–Kier alpha value is 0.390. The van der Waals surface area contributed by atoms with Gasteiger partial charge in [-0.3, -0.25) is 0 Å². The highest BCUT2D eigenvalue weighted by molar-refractivity contribution is 14.1. The maximum Gasteiger partial charge on any atom is 0.0831 e. The number of halogens is 2. The first kappa shape index (κ1) is 12.4. The predicted molar refractivity (Wildman–Crippen MR) is 80.8 cm³/mol. The summed E-state index contributed by atoms with van der Waals surface area (Å²) in [5, 5.41) is 10.6. The van der Waals surface area contributed by atoms with Crippen LogP contribution in [0.4, 0.5) is 0 Å². The first-order valence-electron chi connectivity index (χ1n) is 6.28. The van der Waals surface area contributed by atoms with Gasteiger partial charge in [0, 0.05) is 8.04 Å². The first-order chi connectivity index (χ1) is 8.15. The molecule has 3 heteroatoms. The number of fused-ring (bicyclic) bond motifs is 2.